The number of hydrogen-bond donors (Lipinski definition) is 1. The first kappa shape index (κ1) is 25.5. The first-order valence-electron chi connectivity index (χ1n) is 10.6. The minimum atomic E-state index is -5.14. The number of ether oxygens (including phenoxy) is 1. The number of aryl methyl sites for hydroxylation is 1. The molecule has 1 N–H and O–H groups in total. The van der Waals surface area contributed by atoms with Gasteiger partial charge in [-0.15, -0.1) is 0 Å². The maximum atomic E-state index is 14.6. The number of aromatic nitrogens is 2. The lowest BCUT2D eigenvalue weighted by Gasteiger charge is -2.37. The van der Waals surface area contributed by atoms with Crippen LogP contribution in [0.25, 0.3) is 22.2 Å². The molecule has 2 atom stereocenters. The van der Waals surface area contributed by atoms with Gasteiger partial charge in [-0.2, -0.15) is 13.2 Å². The van der Waals surface area contributed by atoms with Gasteiger partial charge in [-0.3, -0.25) is 9.55 Å². The monoisotopic (exact) mass is 520 g/mol. The smallest absolute Gasteiger partial charge is 0.422 e. The summed E-state index contributed by atoms with van der Waals surface area (Å²) in [6, 6.07) is 9.55. The second kappa shape index (κ2) is 9.11. The van der Waals surface area contributed by atoms with Gasteiger partial charge in [0.05, 0.1) is 18.2 Å². The van der Waals surface area contributed by atoms with Crippen molar-refractivity contribution in [2.24, 2.45) is 7.05 Å². The van der Waals surface area contributed by atoms with E-state index >= 15 is 0 Å². The second-order valence-electron chi connectivity index (χ2n) is 8.26. The third kappa shape index (κ3) is 4.06. The number of hydrogen-bond acceptors (Lipinski definition) is 6. The quantitative estimate of drug-likeness (QED) is 0.364. The molecule has 188 valence electrons. The van der Waals surface area contributed by atoms with E-state index in [0.29, 0.717) is 11.1 Å². The van der Waals surface area contributed by atoms with Crippen LogP contribution in [0.2, 0.25) is 5.02 Å². The standard InChI is InChI=1S/C25H20ClF3N2O5/c1-13(17-8-7-14(10-19(17)26)15-9-16(12-30-11-15)22(32)35-3)24(34,25(27,28)29)18-5-4-6-20-21(18)31(2)23(33)36-20/h4-13,34H,1-3H3. The third-order valence-corrected chi connectivity index (χ3v) is 6.56. The first-order chi connectivity index (χ1) is 16.9. The highest BCUT2D eigenvalue weighted by atomic mass is 35.5. The molecule has 0 bridgehead atoms. The van der Waals surface area contributed by atoms with Crippen molar-refractivity contribution in [2.45, 2.75) is 24.6 Å². The van der Waals surface area contributed by atoms with E-state index in [1.807, 2.05) is 0 Å². The zero-order valence-corrected chi connectivity index (χ0v) is 20.0. The van der Waals surface area contributed by atoms with Crippen molar-refractivity contribution in [3.63, 3.8) is 0 Å². The summed E-state index contributed by atoms with van der Waals surface area (Å²) in [4.78, 5) is 27.8. The van der Waals surface area contributed by atoms with Gasteiger partial charge < -0.3 is 14.3 Å². The van der Waals surface area contributed by atoms with Crippen molar-refractivity contribution in [3.05, 3.63) is 87.1 Å². The summed E-state index contributed by atoms with van der Waals surface area (Å²) in [5.41, 5.74) is -3.03. The van der Waals surface area contributed by atoms with Gasteiger partial charge in [-0.25, -0.2) is 9.59 Å². The topological polar surface area (TPSA) is 94.6 Å². The number of alkyl halides is 3. The van der Waals surface area contributed by atoms with Crippen LogP contribution in [0.4, 0.5) is 13.2 Å². The molecule has 0 fully saturated rings. The van der Waals surface area contributed by atoms with Gasteiger partial charge in [0.1, 0.15) is 0 Å². The summed E-state index contributed by atoms with van der Waals surface area (Å²) >= 11 is 6.44. The van der Waals surface area contributed by atoms with E-state index in [0.717, 1.165) is 10.6 Å². The minimum absolute atomic E-state index is 0.0165. The number of oxazole rings is 1. The molecule has 2 aromatic carbocycles. The minimum Gasteiger partial charge on any atom is -0.465 e. The van der Waals surface area contributed by atoms with Gasteiger partial charge >= 0.3 is 17.9 Å². The lowest BCUT2D eigenvalue weighted by Crippen LogP contribution is -2.47. The number of carbonyl (C=O) groups is 1. The van der Waals surface area contributed by atoms with Crippen LogP contribution in [0, 0.1) is 0 Å². The van der Waals surface area contributed by atoms with E-state index in [-0.39, 0.29) is 27.2 Å². The molecule has 7 nitrogen and oxygen atoms in total. The molecule has 36 heavy (non-hydrogen) atoms. The fraction of sp³-hybridized carbons (Fsp3) is 0.240. The molecular formula is C25H20ClF3N2O5. The first-order valence-corrected chi connectivity index (χ1v) is 11.0. The number of aliphatic hydroxyl groups is 1. The highest BCUT2D eigenvalue weighted by Crippen LogP contribution is 2.51. The number of nitrogens with zero attached hydrogens (tertiary/aromatic N) is 2. The predicted octanol–water partition coefficient (Wildman–Crippen LogP) is 5.19. The molecule has 0 spiro atoms. The fourth-order valence-electron chi connectivity index (χ4n) is 4.25. The average molecular weight is 521 g/mol. The van der Waals surface area contributed by atoms with E-state index in [1.54, 1.807) is 0 Å². The number of fused-ring (bicyclic) bond motifs is 1. The maximum Gasteiger partial charge on any atom is 0.422 e. The van der Waals surface area contributed by atoms with Gasteiger partial charge in [0.25, 0.3) is 0 Å². The molecule has 0 aliphatic carbocycles. The predicted molar refractivity (Wildman–Crippen MR) is 126 cm³/mol. The van der Waals surface area contributed by atoms with E-state index in [9.17, 15) is 27.9 Å². The van der Waals surface area contributed by atoms with E-state index in [1.165, 1.54) is 69.9 Å². The van der Waals surface area contributed by atoms with Crippen LogP contribution in [0.1, 0.15) is 34.3 Å². The largest absolute Gasteiger partial charge is 0.465 e. The number of methoxy groups -OCH3 is 1. The molecule has 0 aliphatic rings. The van der Waals surface area contributed by atoms with Crippen molar-refractivity contribution in [3.8, 4) is 11.1 Å². The molecule has 2 unspecified atom stereocenters. The Morgan fingerprint density at radius 2 is 1.89 bits per heavy atom. The van der Waals surface area contributed by atoms with Crippen LogP contribution in [-0.4, -0.2) is 33.9 Å². The molecule has 2 heterocycles. The van der Waals surface area contributed by atoms with Gasteiger partial charge in [-0.05, 0) is 29.3 Å². The van der Waals surface area contributed by atoms with Crippen LogP contribution in [0.15, 0.2) is 64.1 Å². The van der Waals surface area contributed by atoms with Crippen molar-refractivity contribution < 1.29 is 32.2 Å². The lowest BCUT2D eigenvalue weighted by molar-refractivity contribution is -0.274. The molecule has 0 saturated carbocycles. The van der Waals surface area contributed by atoms with Crippen molar-refractivity contribution in [1.29, 1.82) is 0 Å². The zero-order valence-electron chi connectivity index (χ0n) is 19.3. The molecule has 4 aromatic rings. The number of para-hydroxylation sites is 1. The lowest BCUT2D eigenvalue weighted by atomic mass is 9.77. The van der Waals surface area contributed by atoms with Gasteiger partial charge in [0.2, 0.25) is 0 Å². The van der Waals surface area contributed by atoms with Gasteiger partial charge in [0.15, 0.2) is 11.2 Å². The van der Waals surface area contributed by atoms with Gasteiger partial charge in [-0.1, -0.05) is 42.8 Å². The van der Waals surface area contributed by atoms with Gasteiger partial charge in [0, 0.05) is 41.5 Å². The van der Waals surface area contributed by atoms with Crippen LogP contribution in [0.3, 0.4) is 0 Å². The Kier molecular flexibility index (Phi) is 6.44. The Balaban J connectivity index is 1.84. The van der Waals surface area contributed by atoms with E-state index < -0.39 is 35.0 Å². The van der Waals surface area contributed by atoms with Crippen molar-refractivity contribution >= 4 is 28.7 Å². The fourth-order valence-corrected chi connectivity index (χ4v) is 4.60. The summed E-state index contributed by atoms with van der Waals surface area (Å²) < 4.78 is 54.3. The Morgan fingerprint density at radius 1 is 1.17 bits per heavy atom. The second-order valence-corrected chi connectivity index (χ2v) is 8.66. The molecule has 0 aliphatic heterocycles. The van der Waals surface area contributed by atoms with E-state index in [2.05, 4.69) is 9.72 Å². The molecule has 0 amide bonds. The molecule has 2 aromatic heterocycles. The summed E-state index contributed by atoms with van der Waals surface area (Å²) in [5.74, 6) is -3.05. The Labute approximate surface area is 207 Å². The molecule has 0 saturated heterocycles. The normalized spacial score (nSPS) is 14.4. The number of halogens is 4. The Hall–Kier alpha value is -3.63. The average Bonchev–Trinajstić information content (AvgIpc) is 3.15. The van der Waals surface area contributed by atoms with Crippen molar-refractivity contribution in [1.82, 2.24) is 9.55 Å². The zero-order chi connectivity index (χ0) is 26.4. The van der Waals surface area contributed by atoms with Crippen LogP contribution < -0.4 is 5.76 Å². The van der Waals surface area contributed by atoms with Crippen LogP contribution in [0.5, 0.6) is 0 Å². The number of carbonyl (C=O) groups excluding carboxylic acids is 1. The summed E-state index contributed by atoms with van der Waals surface area (Å²) in [6.07, 6.45) is -2.36. The summed E-state index contributed by atoms with van der Waals surface area (Å²) in [6.45, 7) is 1.20. The number of benzene rings is 2. The maximum absolute atomic E-state index is 14.6. The molecule has 0 radical (unpaired) electrons. The summed E-state index contributed by atoms with van der Waals surface area (Å²) in [5, 5.41) is 11.3. The third-order valence-electron chi connectivity index (χ3n) is 6.23. The SMILES string of the molecule is COC(=O)c1cncc(-c2ccc(C(C)C(O)(c3cccc4oc(=O)n(C)c34)C(F)(F)F)c(Cl)c2)c1. The summed E-state index contributed by atoms with van der Waals surface area (Å²) in [7, 11) is 2.49. The number of rotatable bonds is 5. The molecular weight excluding hydrogens is 501 g/mol. The highest BCUT2D eigenvalue weighted by molar-refractivity contribution is 6.31. The van der Waals surface area contributed by atoms with Crippen LogP contribution >= 0.6 is 11.6 Å². The Morgan fingerprint density at radius 3 is 2.53 bits per heavy atom. The van der Waals surface area contributed by atoms with E-state index in [4.69, 9.17) is 16.0 Å². The Bertz CT molecular complexity index is 1530. The number of esters is 1. The molecule has 4 rings (SSSR count). The number of pyridine rings is 1. The van der Waals surface area contributed by atoms with Crippen molar-refractivity contribution in [2.75, 3.05) is 7.11 Å². The van der Waals surface area contributed by atoms with Crippen LogP contribution in [-0.2, 0) is 17.4 Å². The highest BCUT2D eigenvalue weighted by Gasteiger charge is 2.60. The molecule has 11 heteroatoms.